The quantitative estimate of drug-likeness (QED) is 0.608. The molecule has 0 bridgehead atoms. The topological polar surface area (TPSA) is 0 Å². The van der Waals surface area contributed by atoms with Crippen molar-refractivity contribution in [1.82, 2.24) is 0 Å². The summed E-state index contributed by atoms with van der Waals surface area (Å²) >= 11 is 9.75. The van der Waals surface area contributed by atoms with Crippen molar-refractivity contribution in [2.75, 3.05) is 5.88 Å². The molecule has 0 nitrogen and oxygen atoms in total. The van der Waals surface area contributed by atoms with Crippen molar-refractivity contribution in [3.8, 4) is 0 Å². The van der Waals surface area contributed by atoms with Gasteiger partial charge in [-0.05, 0) is 72.4 Å². The third kappa shape index (κ3) is 3.90. The Kier molecular flexibility index (Phi) is 5.03. The summed E-state index contributed by atoms with van der Waals surface area (Å²) in [5.74, 6) is 1.21. The summed E-state index contributed by atoms with van der Waals surface area (Å²) in [6.45, 7) is 0. The molecule has 2 aromatic rings. The average molecular weight is 364 g/mol. The van der Waals surface area contributed by atoms with Gasteiger partial charge in [0.1, 0.15) is 0 Å². The lowest BCUT2D eigenvalue weighted by Crippen LogP contribution is -2.10. The Morgan fingerprint density at radius 2 is 1.71 bits per heavy atom. The van der Waals surface area contributed by atoms with E-state index in [1.165, 1.54) is 30.4 Å². The van der Waals surface area contributed by atoms with Crippen LogP contribution >= 0.6 is 27.5 Å². The highest BCUT2D eigenvalue weighted by Crippen LogP contribution is 2.25. The van der Waals surface area contributed by atoms with Gasteiger partial charge in [-0.15, -0.1) is 11.6 Å². The first kappa shape index (κ1) is 15.1. The Morgan fingerprint density at radius 1 is 0.952 bits per heavy atom. The fourth-order valence-corrected chi connectivity index (χ4v) is 3.93. The zero-order chi connectivity index (χ0) is 14.7. The minimum Gasteiger partial charge on any atom is -0.126 e. The van der Waals surface area contributed by atoms with Crippen molar-refractivity contribution < 1.29 is 0 Å². The number of alkyl halides is 1. The molecule has 0 fully saturated rings. The largest absolute Gasteiger partial charge is 0.126 e. The Labute approximate surface area is 140 Å². The molecule has 0 amide bonds. The molecule has 0 aromatic heterocycles. The second-order valence-corrected chi connectivity index (χ2v) is 7.24. The minimum absolute atomic E-state index is 0.500. The minimum atomic E-state index is 0.500. The van der Waals surface area contributed by atoms with Crippen LogP contribution in [-0.4, -0.2) is 5.88 Å². The van der Waals surface area contributed by atoms with Crippen LogP contribution in [0.4, 0.5) is 0 Å². The first-order valence-corrected chi connectivity index (χ1v) is 8.98. The monoisotopic (exact) mass is 362 g/mol. The molecule has 21 heavy (non-hydrogen) atoms. The molecule has 110 valence electrons. The van der Waals surface area contributed by atoms with Crippen molar-refractivity contribution >= 4 is 27.5 Å². The van der Waals surface area contributed by atoms with Gasteiger partial charge in [-0.3, -0.25) is 0 Å². The van der Waals surface area contributed by atoms with Crippen LogP contribution < -0.4 is 0 Å². The number of hydrogen-bond acceptors (Lipinski definition) is 0. The molecule has 1 unspecified atom stereocenters. The van der Waals surface area contributed by atoms with Gasteiger partial charge in [0.05, 0.1) is 0 Å². The van der Waals surface area contributed by atoms with Gasteiger partial charge >= 0.3 is 0 Å². The van der Waals surface area contributed by atoms with Crippen LogP contribution in [0.3, 0.4) is 0 Å². The van der Waals surface area contributed by atoms with E-state index in [0.717, 1.165) is 17.3 Å². The molecule has 0 spiro atoms. The number of aryl methyl sites for hydroxylation is 2. The zero-order valence-electron chi connectivity index (χ0n) is 12.1. The van der Waals surface area contributed by atoms with Gasteiger partial charge < -0.3 is 0 Å². The number of fused-ring (bicyclic) bond motifs is 1. The lowest BCUT2D eigenvalue weighted by Gasteiger charge is -2.15. The predicted molar refractivity (Wildman–Crippen MR) is 94.2 cm³/mol. The Bertz CT molecular complexity index is 621. The maximum atomic E-state index is 6.21. The lowest BCUT2D eigenvalue weighted by atomic mass is 9.93. The summed E-state index contributed by atoms with van der Waals surface area (Å²) in [5, 5.41) is 0. The molecule has 1 atom stereocenters. The number of halogens is 2. The highest BCUT2D eigenvalue weighted by molar-refractivity contribution is 9.10. The summed E-state index contributed by atoms with van der Waals surface area (Å²) in [7, 11) is 0. The lowest BCUT2D eigenvalue weighted by molar-refractivity contribution is 0.583. The molecule has 3 rings (SSSR count). The van der Waals surface area contributed by atoms with E-state index in [2.05, 4.69) is 58.4 Å². The van der Waals surface area contributed by atoms with Crippen LogP contribution in [0.1, 0.15) is 28.7 Å². The van der Waals surface area contributed by atoms with E-state index in [1.54, 1.807) is 11.1 Å². The van der Waals surface area contributed by atoms with Crippen LogP contribution in [0.15, 0.2) is 46.9 Å². The smallest absolute Gasteiger partial charge is 0.0258 e. The first-order chi connectivity index (χ1) is 10.2. The van der Waals surface area contributed by atoms with E-state index in [0.29, 0.717) is 11.8 Å². The summed E-state index contributed by atoms with van der Waals surface area (Å²) in [6.07, 6.45) is 5.94. The van der Waals surface area contributed by atoms with Gasteiger partial charge in [-0.25, -0.2) is 0 Å². The standard InChI is InChI=1S/C19H20BrCl/c20-19-6-1-3-14(12-19)9-16(13-21)10-15-7-8-17-4-2-5-18(17)11-15/h1,3,6-8,11-12,16H,2,4-5,9-10,13H2. The van der Waals surface area contributed by atoms with E-state index in [9.17, 15) is 0 Å². The highest BCUT2D eigenvalue weighted by Gasteiger charge is 2.14. The molecule has 2 aromatic carbocycles. The molecular weight excluding hydrogens is 344 g/mol. The van der Waals surface area contributed by atoms with E-state index in [4.69, 9.17) is 11.6 Å². The normalized spacial score (nSPS) is 15.0. The molecule has 0 radical (unpaired) electrons. The summed E-state index contributed by atoms with van der Waals surface area (Å²) < 4.78 is 1.14. The van der Waals surface area contributed by atoms with Crippen LogP contribution in [0, 0.1) is 5.92 Å². The third-order valence-electron chi connectivity index (χ3n) is 4.32. The van der Waals surface area contributed by atoms with Gasteiger partial charge in [0.15, 0.2) is 0 Å². The number of hydrogen-bond donors (Lipinski definition) is 0. The Balaban J connectivity index is 1.69. The SMILES string of the molecule is ClCC(Cc1cccc(Br)c1)Cc1ccc2c(c1)CCC2. The Morgan fingerprint density at radius 3 is 2.48 bits per heavy atom. The van der Waals surface area contributed by atoms with Crippen molar-refractivity contribution in [2.45, 2.75) is 32.1 Å². The van der Waals surface area contributed by atoms with Crippen molar-refractivity contribution in [3.63, 3.8) is 0 Å². The molecular formula is C19H20BrCl. The van der Waals surface area contributed by atoms with Crippen molar-refractivity contribution in [3.05, 3.63) is 69.2 Å². The van der Waals surface area contributed by atoms with Crippen LogP contribution in [0.5, 0.6) is 0 Å². The molecule has 0 aliphatic heterocycles. The average Bonchev–Trinajstić information content (AvgIpc) is 2.94. The number of benzene rings is 2. The second kappa shape index (κ2) is 6.98. The highest BCUT2D eigenvalue weighted by atomic mass is 79.9. The van der Waals surface area contributed by atoms with Crippen molar-refractivity contribution in [1.29, 1.82) is 0 Å². The third-order valence-corrected chi connectivity index (χ3v) is 5.25. The van der Waals surface area contributed by atoms with Gasteiger partial charge in [-0.2, -0.15) is 0 Å². The van der Waals surface area contributed by atoms with Crippen molar-refractivity contribution in [2.24, 2.45) is 5.92 Å². The fourth-order valence-electron chi connectivity index (χ4n) is 3.26. The van der Waals surface area contributed by atoms with Gasteiger partial charge in [0, 0.05) is 10.4 Å². The molecule has 0 heterocycles. The maximum absolute atomic E-state index is 6.21. The predicted octanol–water partition coefficient (Wildman–Crippen LogP) is 5.58. The van der Waals surface area contributed by atoms with Crippen LogP contribution in [0.2, 0.25) is 0 Å². The van der Waals surface area contributed by atoms with E-state index in [-0.39, 0.29) is 0 Å². The van der Waals surface area contributed by atoms with Crippen LogP contribution in [0.25, 0.3) is 0 Å². The molecule has 2 heteroatoms. The molecule has 1 aliphatic rings. The number of rotatable bonds is 5. The molecule has 1 aliphatic carbocycles. The van der Waals surface area contributed by atoms with E-state index in [1.807, 2.05) is 0 Å². The fraction of sp³-hybridized carbons (Fsp3) is 0.368. The van der Waals surface area contributed by atoms with Gasteiger partial charge in [0.25, 0.3) is 0 Å². The summed E-state index contributed by atoms with van der Waals surface area (Å²) in [6, 6.07) is 15.6. The summed E-state index contributed by atoms with van der Waals surface area (Å²) in [4.78, 5) is 0. The summed E-state index contributed by atoms with van der Waals surface area (Å²) in [5.41, 5.74) is 5.91. The van der Waals surface area contributed by atoms with Crippen LogP contribution in [-0.2, 0) is 25.7 Å². The molecule has 0 N–H and O–H groups in total. The first-order valence-electron chi connectivity index (χ1n) is 7.65. The second-order valence-electron chi connectivity index (χ2n) is 6.02. The van der Waals surface area contributed by atoms with Gasteiger partial charge in [-0.1, -0.05) is 46.3 Å². The van der Waals surface area contributed by atoms with E-state index < -0.39 is 0 Å². The van der Waals surface area contributed by atoms with Gasteiger partial charge in [0.2, 0.25) is 0 Å². The van der Waals surface area contributed by atoms with E-state index >= 15 is 0 Å². The Hall–Kier alpha value is -0.790. The maximum Gasteiger partial charge on any atom is 0.0258 e. The zero-order valence-corrected chi connectivity index (χ0v) is 14.5. The molecule has 0 saturated heterocycles. The molecule has 0 saturated carbocycles.